The molecule has 2 aromatic rings. The van der Waals surface area contributed by atoms with Crippen LogP contribution in [0.2, 0.25) is 0 Å². The van der Waals surface area contributed by atoms with E-state index >= 15 is 0 Å². The number of hydrogen-bond acceptors (Lipinski definition) is 4. The number of hydrogen-bond donors (Lipinski definition) is 4. The van der Waals surface area contributed by atoms with Crippen LogP contribution < -0.4 is 0 Å². The maximum absolute atomic E-state index is 12.4. The largest absolute Gasteiger partial charge is 0.508 e. The highest BCUT2D eigenvalue weighted by molar-refractivity contribution is 5.71. The first-order valence-electron chi connectivity index (χ1n) is 16.0. The molecule has 0 radical (unpaired) electrons. The van der Waals surface area contributed by atoms with Crippen molar-refractivity contribution in [2.24, 2.45) is 11.8 Å². The predicted molar refractivity (Wildman–Crippen MR) is 179 cm³/mol. The number of unbranched alkanes of at least 4 members (excludes halogenated alkanes) is 1. The van der Waals surface area contributed by atoms with Gasteiger partial charge >= 0.3 is 11.9 Å². The molecule has 2 aromatic carbocycles. The third kappa shape index (κ3) is 9.25. The zero-order valence-corrected chi connectivity index (χ0v) is 29.3. The monoisotopic (exact) mass is 610 g/mol. The van der Waals surface area contributed by atoms with Crippen molar-refractivity contribution < 1.29 is 30.0 Å². The van der Waals surface area contributed by atoms with Gasteiger partial charge in [0.1, 0.15) is 11.5 Å². The molecule has 6 nitrogen and oxygen atoms in total. The summed E-state index contributed by atoms with van der Waals surface area (Å²) in [5.74, 6) is -2.49. The molecule has 6 heteroatoms. The molecule has 2 atom stereocenters. The van der Waals surface area contributed by atoms with Crippen LogP contribution in [-0.4, -0.2) is 32.4 Å². The van der Waals surface area contributed by atoms with E-state index in [1.807, 2.05) is 12.1 Å². The van der Waals surface area contributed by atoms with Gasteiger partial charge in [-0.05, 0) is 81.7 Å². The second-order valence-corrected chi connectivity index (χ2v) is 16.8. The van der Waals surface area contributed by atoms with E-state index in [2.05, 4.69) is 83.1 Å². The summed E-state index contributed by atoms with van der Waals surface area (Å²) in [6.07, 6.45) is 2.79. The van der Waals surface area contributed by atoms with E-state index in [0.717, 1.165) is 33.4 Å². The van der Waals surface area contributed by atoms with Gasteiger partial charge in [-0.1, -0.05) is 108 Å². The van der Waals surface area contributed by atoms with Crippen LogP contribution in [0.1, 0.15) is 142 Å². The molecule has 44 heavy (non-hydrogen) atoms. The fourth-order valence-electron chi connectivity index (χ4n) is 6.78. The highest BCUT2D eigenvalue weighted by Gasteiger charge is 2.34. The molecule has 0 aliphatic heterocycles. The summed E-state index contributed by atoms with van der Waals surface area (Å²) in [6.45, 7) is 24.9. The number of phenolic OH excluding ortho intramolecular Hbond substituents is 2. The average Bonchev–Trinajstić information content (AvgIpc) is 2.83. The second-order valence-electron chi connectivity index (χ2n) is 16.8. The van der Waals surface area contributed by atoms with E-state index in [9.17, 15) is 30.0 Å². The Kier molecular flexibility index (Phi) is 11.4. The topological polar surface area (TPSA) is 115 Å². The van der Waals surface area contributed by atoms with Gasteiger partial charge in [-0.25, -0.2) is 0 Å². The summed E-state index contributed by atoms with van der Waals surface area (Å²) < 4.78 is 0. The van der Waals surface area contributed by atoms with Crippen LogP contribution in [0.4, 0.5) is 0 Å². The molecule has 0 aliphatic carbocycles. The zero-order chi connectivity index (χ0) is 34.0. The zero-order valence-electron chi connectivity index (χ0n) is 29.3. The van der Waals surface area contributed by atoms with Gasteiger partial charge in [0, 0.05) is 11.1 Å². The number of aromatic hydroxyl groups is 2. The van der Waals surface area contributed by atoms with E-state index in [1.165, 1.54) is 0 Å². The van der Waals surface area contributed by atoms with Crippen LogP contribution in [0.15, 0.2) is 24.3 Å². The fourth-order valence-corrected chi connectivity index (χ4v) is 6.78. The Hall–Kier alpha value is -3.02. The molecule has 0 fully saturated rings. The average molecular weight is 611 g/mol. The van der Waals surface area contributed by atoms with E-state index in [1.54, 1.807) is 12.1 Å². The van der Waals surface area contributed by atoms with Gasteiger partial charge in [0.05, 0.1) is 11.8 Å². The van der Waals surface area contributed by atoms with Crippen molar-refractivity contribution in [2.45, 2.75) is 143 Å². The number of carbonyl (C=O) groups is 2. The molecule has 0 aromatic heterocycles. The SMILES string of the molecule is CC(C)(C)c1c(O)ccc(CC(CCCCC(Cc2ccc(O)c(C(C)(C)C)c2C(C)(C)C)C(=O)O)C(=O)O)c1C(C)(C)C. The van der Waals surface area contributed by atoms with Crippen LogP contribution in [0.25, 0.3) is 0 Å². The molecule has 0 saturated carbocycles. The molecule has 0 amide bonds. The molecular weight excluding hydrogens is 552 g/mol. The van der Waals surface area contributed by atoms with Crippen LogP contribution in [0.5, 0.6) is 11.5 Å². The van der Waals surface area contributed by atoms with Crippen molar-refractivity contribution >= 4 is 11.9 Å². The lowest BCUT2D eigenvalue weighted by Gasteiger charge is -2.33. The number of benzene rings is 2. The number of phenols is 2. The Morgan fingerprint density at radius 1 is 0.523 bits per heavy atom. The minimum atomic E-state index is -0.862. The van der Waals surface area contributed by atoms with Gasteiger partial charge in [-0.3, -0.25) is 9.59 Å². The van der Waals surface area contributed by atoms with Crippen molar-refractivity contribution in [1.29, 1.82) is 0 Å². The molecule has 0 aliphatic rings. The number of aliphatic carboxylic acids is 2. The number of carboxylic acids is 2. The van der Waals surface area contributed by atoms with Crippen LogP contribution in [0, 0.1) is 11.8 Å². The van der Waals surface area contributed by atoms with Crippen LogP contribution in [0.3, 0.4) is 0 Å². The van der Waals surface area contributed by atoms with Crippen LogP contribution >= 0.6 is 0 Å². The lowest BCUT2D eigenvalue weighted by atomic mass is 9.71. The van der Waals surface area contributed by atoms with Crippen molar-refractivity contribution in [3.05, 3.63) is 57.6 Å². The highest BCUT2D eigenvalue weighted by atomic mass is 16.4. The lowest BCUT2D eigenvalue weighted by molar-refractivity contribution is -0.143. The third-order valence-corrected chi connectivity index (χ3v) is 8.53. The number of rotatable bonds is 11. The van der Waals surface area contributed by atoms with Crippen LogP contribution in [-0.2, 0) is 44.1 Å². The minimum absolute atomic E-state index is 0.232. The van der Waals surface area contributed by atoms with E-state index in [-0.39, 0.29) is 33.2 Å². The van der Waals surface area contributed by atoms with Gasteiger partial charge < -0.3 is 20.4 Å². The second kappa shape index (κ2) is 13.5. The molecule has 0 heterocycles. The summed E-state index contributed by atoms with van der Waals surface area (Å²) in [7, 11) is 0. The molecule has 4 N–H and O–H groups in total. The summed E-state index contributed by atoms with van der Waals surface area (Å²) in [5, 5.41) is 41.9. The van der Waals surface area contributed by atoms with Crippen molar-refractivity contribution in [2.75, 3.05) is 0 Å². The van der Waals surface area contributed by atoms with E-state index in [0.29, 0.717) is 38.5 Å². The summed E-state index contributed by atoms with van der Waals surface area (Å²) in [5.41, 5.74) is 4.38. The van der Waals surface area contributed by atoms with Crippen molar-refractivity contribution in [3.8, 4) is 11.5 Å². The maximum atomic E-state index is 12.4. The van der Waals surface area contributed by atoms with Crippen molar-refractivity contribution in [1.82, 2.24) is 0 Å². The van der Waals surface area contributed by atoms with Crippen molar-refractivity contribution in [3.63, 3.8) is 0 Å². The number of carboxylic acid groups (broad SMARTS) is 2. The molecule has 0 bridgehead atoms. The van der Waals surface area contributed by atoms with Gasteiger partial charge in [-0.15, -0.1) is 0 Å². The first-order chi connectivity index (χ1) is 19.9. The standard InChI is InChI=1S/C38H58O6/c1-35(2,3)29-23(17-19-27(39)31(29)37(7,8)9)21-25(33(41)42)15-13-14-16-26(34(43)44)22-24-18-20-28(40)32(38(10,11)12)30(24)36(4,5)6/h17-20,25-26,39-40H,13-16,21-22H2,1-12H3,(H,41,42)(H,43,44). The minimum Gasteiger partial charge on any atom is -0.508 e. The maximum Gasteiger partial charge on any atom is 0.306 e. The molecule has 2 unspecified atom stereocenters. The summed E-state index contributed by atoms with van der Waals surface area (Å²) >= 11 is 0. The predicted octanol–water partition coefficient (Wildman–Crippen LogP) is 9.04. The molecule has 246 valence electrons. The third-order valence-electron chi connectivity index (χ3n) is 8.53. The van der Waals surface area contributed by atoms with Gasteiger partial charge in [0.2, 0.25) is 0 Å². The normalized spacial score (nSPS) is 14.4. The molecule has 0 saturated heterocycles. The Morgan fingerprint density at radius 3 is 1.02 bits per heavy atom. The lowest BCUT2D eigenvalue weighted by Crippen LogP contribution is -2.26. The Morgan fingerprint density at radius 2 is 0.795 bits per heavy atom. The first-order valence-corrected chi connectivity index (χ1v) is 16.0. The summed E-state index contributed by atoms with van der Waals surface area (Å²) in [4.78, 5) is 24.8. The van der Waals surface area contributed by atoms with E-state index < -0.39 is 23.8 Å². The molecular formula is C38H58O6. The molecule has 0 spiro atoms. The smallest absolute Gasteiger partial charge is 0.306 e. The first kappa shape index (κ1) is 37.2. The fraction of sp³-hybridized carbons (Fsp3) is 0.632. The van der Waals surface area contributed by atoms with E-state index in [4.69, 9.17) is 0 Å². The Bertz CT molecular complexity index is 1220. The van der Waals surface area contributed by atoms with Gasteiger partial charge in [-0.2, -0.15) is 0 Å². The molecule has 2 rings (SSSR count). The summed E-state index contributed by atoms with van der Waals surface area (Å²) in [6, 6.07) is 7.08. The Balaban J connectivity index is 2.27. The highest BCUT2D eigenvalue weighted by Crippen LogP contribution is 2.43. The van der Waals surface area contributed by atoms with Gasteiger partial charge in [0.15, 0.2) is 0 Å². The quantitative estimate of drug-likeness (QED) is 0.189. The van der Waals surface area contributed by atoms with Gasteiger partial charge in [0.25, 0.3) is 0 Å². The Labute approximate surface area is 265 Å².